The fourth-order valence-corrected chi connectivity index (χ4v) is 1.93. The van der Waals surface area contributed by atoms with E-state index in [4.69, 9.17) is 10.5 Å². The second-order valence-corrected chi connectivity index (χ2v) is 3.82. The number of hydrogen-bond acceptors (Lipinski definition) is 2. The maximum absolute atomic E-state index is 13.6. The minimum absolute atomic E-state index is 0.0145. The van der Waals surface area contributed by atoms with Gasteiger partial charge in [0.1, 0.15) is 5.75 Å². The van der Waals surface area contributed by atoms with E-state index >= 15 is 0 Å². The van der Waals surface area contributed by atoms with Crippen molar-refractivity contribution in [1.82, 2.24) is 0 Å². The molecule has 1 aliphatic rings. The Hall–Kier alpha value is -1.16. The van der Waals surface area contributed by atoms with Crippen molar-refractivity contribution in [3.8, 4) is 5.75 Å². The second-order valence-electron chi connectivity index (χ2n) is 3.82. The van der Waals surface area contributed by atoms with Gasteiger partial charge in [-0.25, -0.2) is 8.78 Å². The van der Waals surface area contributed by atoms with Crippen LogP contribution in [-0.4, -0.2) is 13.7 Å². The van der Waals surface area contributed by atoms with Crippen LogP contribution in [0.2, 0.25) is 0 Å². The summed E-state index contributed by atoms with van der Waals surface area (Å²) in [6, 6.07) is 2.54. The lowest BCUT2D eigenvalue weighted by atomic mass is 10.1. The average Bonchev–Trinajstić information content (AvgIpc) is 3.00. The molecule has 4 heteroatoms. The summed E-state index contributed by atoms with van der Waals surface area (Å²) in [6.07, 6.45) is 0.813. The zero-order valence-corrected chi connectivity index (χ0v) is 8.47. The monoisotopic (exact) mass is 213 g/mol. The van der Waals surface area contributed by atoms with Gasteiger partial charge in [-0.05, 0) is 36.9 Å². The summed E-state index contributed by atoms with van der Waals surface area (Å²) in [5.41, 5.74) is 5.82. The highest BCUT2D eigenvalue weighted by Gasteiger charge is 2.41. The molecule has 82 valence electrons. The Bertz CT molecular complexity index is 381. The Morgan fingerprint density at radius 2 is 2.20 bits per heavy atom. The first-order valence-corrected chi connectivity index (χ1v) is 4.91. The smallest absolute Gasteiger partial charge is 0.165 e. The largest absolute Gasteiger partial charge is 0.496 e. The van der Waals surface area contributed by atoms with Gasteiger partial charge in [0.15, 0.2) is 11.6 Å². The van der Waals surface area contributed by atoms with Crippen molar-refractivity contribution in [3.05, 3.63) is 29.3 Å². The van der Waals surface area contributed by atoms with Crippen molar-refractivity contribution in [3.63, 3.8) is 0 Å². The van der Waals surface area contributed by atoms with Gasteiger partial charge in [-0.3, -0.25) is 0 Å². The molecule has 0 aromatic heterocycles. The molecule has 1 aromatic carbocycles. The van der Waals surface area contributed by atoms with Crippen molar-refractivity contribution in [1.29, 1.82) is 0 Å². The van der Waals surface area contributed by atoms with Crippen molar-refractivity contribution >= 4 is 0 Å². The van der Waals surface area contributed by atoms with Crippen LogP contribution in [0.25, 0.3) is 0 Å². The van der Waals surface area contributed by atoms with Crippen LogP contribution < -0.4 is 10.5 Å². The molecule has 15 heavy (non-hydrogen) atoms. The van der Waals surface area contributed by atoms with Crippen LogP contribution in [0.4, 0.5) is 8.78 Å². The first kappa shape index (κ1) is 10.4. The van der Waals surface area contributed by atoms with Gasteiger partial charge >= 0.3 is 0 Å². The van der Waals surface area contributed by atoms with Gasteiger partial charge in [-0.15, -0.1) is 0 Å². The lowest BCUT2D eigenvalue weighted by Crippen LogP contribution is -2.04. The van der Waals surface area contributed by atoms with Gasteiger partial charge < -0.3 is 10.5 Å². The summed E-state index contributed by atoms with van der Waals surface area (Å²) in [7, 11) is 1.45. The van der Waals surface area contributed by atoms with Gasteiger partial charge in [-0.2, -0.15) is 0 Å². The molecule has 0 spiro atoms. The first-order valence-electron chi connectivity index (χ1n) is 4.91. The third-order valence-electron chi connectivity index (χ3n) is 2.91. The first-order chi connectivity index (χ1) is 7.19. The van der Waals surface area contributed by atoms with Crippen LogP contribution in [0.3, 0.4) is 0 Å². The molecule has 1 fully saturated rings. The highest BCUT2D eigenvalue weighted by Crippen LogP contribution is 2.50. The van der Waals surface area contributed by atoms with E-state index < -0.39 is 11.6 Å². The van der Waals surface area contributed by atoms with Crippen LogP contribution in [0.1, 0.15) is 17.9 Å². The third kappa shape index (κ3) is 1.69. The molecule has 2 N–H and O–H groups in total. The fourth-order valence-electron chi connectivity index (χ4n) is 1.93. The minimum Gasteiger partial charge on any atom is -0.496 e. The van der Waals surface area contributed by atoms with Crippen LogP contribution in [0.5, 0.6) is 5.75 Å². The Kier molecular flexibility index (Phi) is 2.61. The summed E-state index contributed by atoms with van der Waals surface area (Å²) in [6.45, 7) is 0.504. The lowest BCUT2D eigenvalue weighted by Gasteiger charge is -2.09. The summed E-state index contributed by atoms with van der Waals surface area (Å²) >= 11 is 0. The van der Waals surface area contributed by atoms with E-state index in [1.165, 1.54) is 13.2 Å². The molecule has 0 bridgehead atoms. The average molecular weight is 213 g/mol. The molecule has 0 aliphatic heterocycles. The number of rotatable bonds is 3. The standard InChI is InChI=1S/C11H13F2NO/c1-15-9-3-2-8(12)11(13)10(9)7-4-6(7)5-14/h2-3,6-7H,4-5,14H2,1H3. The predicted octanol–water partition coefficient (Wildman–Crippen LogP) is 2.04. The fraction of sp³-hybridized carbons (Fsp3) is 0.455. The molecule has 0 saturated heterocycles. The molecule has 1 aromatic rings. The summed E-state index contributed by atoms with van der Waals surface area (Å²) in [5, 5.41) is 0. The summed E-state index contributed by atoms with van der Waals surface area (Å²) in [5.74, 6) is -0.936. The highest BCUT2D eigenvalue weighted by atomic mass is 19.2. The number of methoxy groups -OCH3 is 1. The third-order valence-corrected chi connectivity index (χ3v) is 2.91. The SMILES string of the molecule is COc1ccc(F)c(F)c1C1CC1CN. The number of benzene rings is 1. The molecule has 2 unspecified atom stereocenters. The molecular formula is C11H13F2NO. The van der Waals surface area contributed by atoms with Gasteiger partial charge in [0.2, 0.25) is 0 Å². The number of halogens is 2. The van der Waals surface area contributed by atoms with E-state index in [0.29, 0.717) is 17.9 Å². The van der Waals surface area contributed by atoms with E-state index in [1.54, 1.807) is 0 Å². The zero-order chi connectivity index (χ0) is 11.0. The molecule has 1 aliphatic carbocycles. The maximum atomic E-state index is 13.6. The van der Waals surface area contributed by atoms with Gasteiger partial charge in [-0.1, -0.05) is 0 Å². The second kappa shape index (κ2) is 3.77. The number of nitrogens with two attached hydrogens (primary N) is 1. The maximum Gasteiger partial charge on any atom is 0.165 e. The van der Waals surface area contributed by atoms with Crippen molar-refractivity contribution in [2.24, 2.45) is 11.7 Å². The van der Waals surface area contributed by atoms with Crippen LogP contribution >= 0.6 is 0 Å². The highest BCUT2D eigenvalue weighted by molar-refractivity contribution is 5.41. The van der Waals surface area contributed by atoms with E-state index in [2.05, 4.69) is 0 Å². The molecule has 2 nitrogen and oxygen atoms in total. The van der Waals surface area contributed by atoms with E-state index in [9.17, 15) is 8.78 Å². The zero-order valence-electron chi connectivity index (χ0n) is 8.47. The van der Waals surface area contributed by atoms with Crippen LogP contribution in [0, 0.1) is 17.6 Å². The molecule has 0 amide bonds. The van der Waals surface area contributed by atoms with Gasteiger partial charge in [0.25, 0.3) is 0 Å². The van der Waals surface area contributed by atoms with E-state index in [1.807, 2.05) is 0 Å². The minimum atomic E-state index is -0.825. The number of hydrogen-bond donors (Lipinski definition) is 1. The Morgan fingerprint density at radius 3 is 2.73 bits per heavy atom. The van der Waals surface area contributed by atoms with Gasteiger partial charge in [0, 0.05) is 5.56 Å². The van der Waals surface area contributed by atoms with Crippen molar-refractivity contribution in [2.45, 2.75) is 12.3 Å². The predicted molar refractivity (Wildman–Crippen MR) is 52.8 cm³/mol. The Labute approximate surface area is 87.0 Å². The molecule has 0 radical (unpaired) electrons. The number of ether oxygens (including phenoxy) is 1. The molecular weight excluding hydrogens is 200 g/mol. The Balaban J connectivity index is 2.39. The molecule has 1 saturated carbocycles. The normalized spacial score (nSPS) is 24.0. The van der Waals surface area contributed by atoms with Crippen LogP contribution in [0.15, 0.2) is 12.1 Å². The quantitative estimate of drug-likeness (QED) is 0.833. The van der Waals surface area contributed by atoms with Crippen molar-refractivity contribution < 1.29 is 13.5 Å². The molecule has 2 atom stereocenters. The Morgan fingerprint density at radius 1 is 1.47 bits per heavy atom. The van der Waals surface area contributed by atoms with E-state index in [-0.39, 0.29) is 11.8 Å². The van der Waals surface area contributed by atoms with Gasteiger partial charge in [0.05, 0.1) is 7.11 Å². The topological polar surface area (TPSA) is 35.2 Å². The van der Waals surface area contributed by atoms with Crippen LogP contribution in [-0.2, 0) is 0 Å². The molecule has 2 rings (SSSR count). The summed E-state index contributed by atoms with van der Waals surface area (Å²) in [4.78, 5) is 0. The molecule has 0 heterocycles. The van der Waals surface area contributed by atoms with E-state index in [0.717, 1.165) is 12.5 Å². The lowest BCUT2D eigenvalue weighted by molar-refractivity contribution is 0.397. The van der Waals surface area contributed by atoms with Crippen molar-refractivity contribution in [2.75, 3.05) is 13.7 Å². The summed E-state index contributed by atoms with van der Waals surface area (Å²) < 4.78 is 31.6.